The lowest BCUT2D eigenvalue weighted by Gasteiger charge is -2.13. The van der Waals surface area contributed by atoms with E-state index < -0.39 is 47.8 Å². The summed E-state index contributed by atoms with van der Waals surface area (Å²) in [5, 5.41) is 7.64. The molecule has 0 radical (unpaired) electrons. The zero-order valence-corrected chi connectivity index (χ0v) is 24.0. The molecule has 45 heavy (non-hydrogen) atoms. The van der Waals surface area contributed by atoms with E-state index in [1.54, 1.807) is 0 Å². The number of amides is 3. The molecule has 3 aromatic rings. The highest BCUT2D eigenvalue weighted by atomic mass is 19.4. The van der Waals surface area contributed by atoms with Gasteiger partial charge in [-0.25, -0.2) is 0 Å². The molecule has 0 spiro atoms. The second-order valence-electron chi connectivity index (χ2n) is 10.00. The molecule has 3 rings (SSSR count). The van der Waals surface area contributed by atoms with Gasteiger partial charge in [-0.15, -0.1) is 0 Å². The van der Waals surface area contributed by atoms with Gasteiger partial charge in [-0.05, 0) is 73.0 Å². The maximum atomic E-state index is 13.1. The predicted molar refractivity (Wildman–Crippen MR) is 153 cm³/mol. The van der Waals surface area contributed by atoms with E-state index in [0.717, 1.165) is 37.1 Å². The van der Waals surface area contributed by atoms with Gasteiger partial charge in [0.1, 0.15) is 5.75 Å². The standard InChI is InChI=1S/C31H32F6N4O4/c32-30(33,34)24-8-4-6-20(12-24)17-40-28(43)22-14-23(16-26(15-22)45-19-27(42)39-11-3-1-2-10-38)29(44)41-18-21-7-5-9-25(13-21)31(35,36)37/h4-9,12-16H,1-3,10-11,17-19,38H2,(H,39,42)(H,40,43)(H,41,44). The van der Waals surface area contributed by atoms with Crippen LogP contribution >= 0.6 is 0 Å². The molecule has 5 N–H and O–H groups in total. The van der Waals surface area contributed by atoms with Crippen LogP contribution in [0.4, 0.5) is 26.3 Å². The number of carbonyl (C=O) groups excluding carboxylic acids is 3. The first-order valence-electron chi connectivity index (χ1n) is 13.9. The molecule has 0 aliphatic heterocycles. The van der Waals surface area contributed by atoms with E-state index in [0.29, 0.717) is 19.5 Å². The number of hydrogen-bond acceptors (Lipinski definition) is 5. The van der Waals surface area contributed by atoms with Crippen molar-refractivity contribution in [3.05, 3.63) is 100 Å². The summed E-state index contributed by atoms with van der Waals surface area (Å²) >= 11 is 0. The summed E-state index contributed by atoms with van der Waals surface area (Å²) in [6.07, 6.45) is -6.79. The van der Waals surface area contributed by atoms with Crippen LogP contribution in [0.25, 0.3) is 0 Å². The molecule has 0 heterocycles. The molecule has 0 aliphatic carbocycles. The summed E-state index contributed by atoms with van der Waals surface area (Å²) in [5.41, 5.74) is 3.81. The van der Waals surface area contributed by atoms with Gasteiger partial charge < -0.3 is 26.4 Å². The quantitative estimate of drug-likeness (QED) is 0.143. The number of ether oxygens (including phenoxy) is 1. The number of nitrogens with one attached hydrogen (secondary N) is 3. The summed E-state index contributed by atoms with van der Waals surface area (Å²) in [6, 6.07) is 12.5. The lowest BCUT2D eigenvalue weighted by atomic mass is 10.1. The van der Waals surface area contributed by atoms with Gasteiger partial charge in [-0.3, -0.25) is 14.4 Å². The number of unbranched alkanes of at least 4 members (excludes halogenated alkanes) is 2. The van der Waals surface area contributed by atoms with E-state index in [1.807, 2.05) is 0 Å². The molecular weight excluding hydrogens is 606 g/mol. The van der Waals surface area contributed by atoms with Crippen LogP contribution in [-0.4, -0.2) is 37.4 Å². The fourth-order valence-electron chi connectivity index (χ4n) is 4.10. The fourth-order valence-corrected chi connectivity index (χ4v) is 4.10. The van der Waals surface area contributed by atoms with Crippen molar-refractivity contribution in [2.24, 2.45) is 5.73 Å². The van der Waals surface area contributed by atoms with Gasteiger partial charge in [0.25, 0.3) is 17.7 Å². The minimum absolute atomic E-state index is 0.0378. The summed E-state index contributed by atoms with van der Waals surface area (Å²) in [6.45, 7) is -0.0490. The Balaban J connectivity index is 1.75. The Morgan fingerprint density at radius 2 is 1.18 bits per heavy atom. The number of hydrogen-bond donors (Lipinski definition) is 4. The Hall–Kier alpha value is -4.59. The van der Waals surface area contributed by atoms with E-state index in [4.69, 9.17) is 10.5 Å². The van der Waals surface area contributed by atoms with E-state index in [-0.39, 0.29) is 41.1 Å². The molecule has 3 aromatic carbocycles. The molecule has 0 aliphatic rings. The van der Waals surface area contributed by atoms with Gasteiger partial charge in [0, 0.05) is 30.8 Å². The number of benzene rings is 3. The molecule has 242 valence electrons. The van der Waals surface area contributed by atoms with Gasteiger partial charge in [-0.1, -0.05) is 30.7 Å². The third kappa shape index (κ3) is 11.4. The van der Waals surface area contributed by atoms with Crippen LogP contribution in [0.3, 0.4) is 0 Å². The molecule has 0 atom stereocenters. The maximum absolute atomic E-state index is 13.1. The number of carbonyl (C=O) groups is 3. The van der Waals surface area contributed by atoms with Crippen molar-refractivity contribution in [1.29, 1.82) is 0 Å². The van der Waals surface area contributed by atoms with E-state index in [2.05, 4.69) is 16.0 Å². The summed E-state index contributed by atoms with van der Waals surface area (Å²) in [4.78, 5) is 38.2. The Morgan fingerprint density at radius 3 is 1.64 bits per heavy atom. The average Bonchev–Trinajstić information content (AvgIpc) is 3.00. The van der Waals surface area contributed by atoms with Crippen LogP contribution in [0, 0.1) is 0 Å². The normalized spacial score (nSPS) is 11.5. The summed E-state index contributed by atoms with van der Waals surface area (Å²) in [5.74, 6) is -2.01. The minimum Gasteiger partial charge on any atom is -0.484 e. The number of rotatable bonds is 14. The van der Waals surface area contributed by atoms with E-state index >= 15 is 0 Å². The molecule has 0 aromatic heterocycles. The van der Waals surface area contributed by atoms with E-state index in [9.17, 15) is 40.7 Å². The van der Waals surface area contributed by atoms with Crippen molar-refractivity contribution in [2.45, 2.75) is 44.7 Å². The van der Waals surface area contributed by atoms with E-state index in [1.165, 1.54) is 42.5 Å². The van der Waals surface area contributed by atoms with Gasteiger partial charge >= 0.3 is 12.4 Å². The lowest BCUT2D eigenvalue weighted by molar-refractivity contribution is -0.138. The molecule has 0 saturated carbocycles. The average molecular weight is 639 g/mol. The van der Waals surface area contributed by atoms with Gasteiger partial charge in [0.2, 0.25) is 0 Å². The number of alkyl halides is 6. The largest absolute Gasteiger partial charge is 0.484 e. The van der Waals surface area contributed by atoms with Crippen LogP contribution in [0.2, 0.25) is 0 Å². The van der Waals surface area contributed by atoms with Crippen molar-refractivity contribution in [1.82, 2.24) is 16.0 Å². The van der Waals surface area contributed by atoms with Crippen molar-refractivity contribution in [3.8, 4) is 5.75 Å². The molecule has 3 amide bonds. The minimum atomic E-state index is -4.57. The molecule has 8 nitrogen and oxygen atoms in total. The van der Waals surface area contributed by atoms with Crippen LogP contribution in [0.15, 0.2) is 66.7 Å². The number of nitrogens with two attached hydrogens (primary N) is 1. The Bertz CT molecular complexity index is 1390. The third-order valence-electron chi connectivity index (χ3n) is 6.42. The van der Waals surface area contributed by atoms with Crippen LogP contribution in [0.5, 0.6) is 5.75 Å². The zero-order valence-electron chi connectivity index (χ0n) is 24.0. The fraction of sp³-hybridized carbons (Fsp3) is 0.323. The lowest BCUT2D eigenvalue weighted by Crippen LogP contribution is -2.30. The molecule has 0 fully saturated rings. The summed E-state index contributed by atoms with van der Waals surface area (Å²) < 4.78 is 83.9. The second kappa shape index (κ2) is 15.9. The first-order chi connectivity index (χ1) is 21.3. The van der Waals surface area contributed by atoms with Crippen LogP contribution in [-0.2, 0) is 30.2 Å². The van der Waals surface area contributed by atoms with Crippen molar-refractivity contribution in [3.63, 3.8) is 0 Å². The Labute approximate surface area is 255 Å². The Kier molecular flexibility index (Phi) is 12.4. The second-order valence-corrected chi connectivity index (χ2v) is 10.00. The predicted octanol–water partition coefficient (Wildman–Crippen LogP) is 5.21. The monoisotopic (exact) mass is 638 g/mol. The first kappa shape index (κ1) is 34.9. The Morgan fingerprint density at radius 1 is 0.667 bits per heavy atom. The maximum Gasteiger partial charge on any atom is 0.416 e. The molecule has 0 saturated heterocycles. The SMILES string of the molecule is NCCCCCNC(=O)COc1cc(C(=O)NCc2cccc(C(F)(F)F)c2)cc(C(=O)NCc2cccc(C(F)(F)F)c2)c1. The molecule has 14 heteroatoms. The van der Waals surface area contributed by atoms with Gasteiger partial charge in [0.15, 0.2) is 6.61 Å². The van der Waals surface area contributed by atoms with Crippen molar-refractivity contribution in [2.75, 3.05) is 19.7 Å². The van der Waals surface area contributed by atoms with Gasteiger partial charge in [-0.2, -0.15) is 26.3 Å². The molecule has 0 unspecified atom stereocenters. The smallest absolute Gasteiger partial charge is 0.416 e. The van der Waals surface area contributed by atoms with Crippen molar-refractivity contribution < 1.29 is 45.5 Å². The highest BCUT2D eigenvalue weighted by Crippen LogP contribution is 2.30. The zero-order chi connectivity index (χ0) is 33.0. The summed E-state index contributed by atoms with van der Waals surface area (Å²) in [7, 11) is 0. The van der Waals surface area contributed by atoms with Crippen LogP contribution in [0.1, 0.15) is 62.2 Å². The topological polar surface area (TPSA) is 123 Å². The van der Waals surface area contributed by atoms with Gasteiger partial charge in [0.05, 0.1) is 11.1 Å². The highest BCUT2D eigenvalue weighted by Gasteiger charge is 2.31. The third-order valence-corrected chi connectivity index (χ3v) is 6.42. The van der Waals surface area contributed by atoms with Crippen LogP contribution < -0.4 is 26.4 Å². The molecule has 0 bridgehead atoms. The highest BCUT2D eigenvalue weighted by molar-refractivity contribution is 6.00. The number of halogens is 6. The first-order valence-corrected chi connectivity index (χ1v) is 13.9. The molecular formula is C31H32F6N4O4. The van der Waals surface area contributed by atoms with Crippen molar-refractivity contribution >= 4 is 17.7 Å².